The second-order valence-corrected chi connectivity index (χ2v) is 5.20. The van der Waals surface area contributed by atoms with Crippen LogP contribution in [-0.4, -0.2) is 11.7 Å². The summed E-state index contributed by atoms with van der Waals surface area (Å²) in [6.07, 6.45) is -0.647. The van der Waals surface area contributed by atoms with Crippen LogP contribution in [0.3, 0.4) is 0 Å². The highest BCUT2D eigenvalue weighted by molar-refractivity contribution is 5.98. The van der Waals surface area contributed by atoms with E-state index in [1.807, 2.05) is 0 Å². The van der Waals surface area contributed by atoms with E-state index in [4.69, 9.17) is 5.26 Å². The predicted octanol–water partition coefficient (Wildman–Crippen LogP) is 3.45. The Bertz CT molecular complexity index is 846. The third-order valence-corrected chi connectivity index (χ3v) is 3.46. The molecule has 2 aromatic rings. The third kappa shape index (κ3) is 4.67. The van der Waals surface area contributed by atoms with Gasteiger partial charge in [0.05, 0.1) is 11.6 Å². The maximum absolute atomic E-state index is 13.7. The van der Waals surface area contributed by atoms with Crippen molar-refractivity contribution in [1.82, 2.24) is 5.32 Å². The van der Waals surface area contributed by atoms with Crippen LogP contribution in [0, 0.1) is 28.8 Å². The Balaban J connectivity index is 1.97. The number of nitrogens with one attached hydrogen (secondary N) is 1. The zero-order valence-corrected chi connectivity index (χ0v) is 12.9. The number of halogens is 3. The van der Waals surface area contributed by atoms with Crippen molar-refractivity contribution in [2.45, 2.75) is 18.9 Å². The monoisotopic (exact) mass is 346 g/mol. The SMILES string of the molecule is N#C[C@@H](NC(=O)CCC(=O)c1ccc(F)cc1F)c1ccccc1F. The van der Waals surface area contributed by atoms with E-state index in [0.717, 1.165) is 18.2 Å². The molecule has 4 nitrogen and oxygen atoms in total. The van der Waals surface area contributed by atoms with Crippen molar-refractivity contribution in [3.63, 3.8) is 0 Å². The number of Topliss-reactive ketones (excluding diaryl/α,β-unsaturated/α-hetero) is 1. The first-order valence-corrected chi connectivity index (χ1v) is 7.34. The van der Waals surface area contributed by atoms with Crippen LogP contribution in [0.1, 0.15) is 34.8 Å². The van der Waals surface area contributed by atoms with Crippen LogP contribution in [0.25, 0.3) is 0 Å². The first-order valence-electron chi connectivity index (χ1n) is 7.34. The van der Waals surface area contributed by atoms with Crippen molar-refractivity contribution in [2.24, 2.45) is 0 Å². The van der Waals surface area contributed by atoms with Gasteiger partial charge in [-0.05, 0) is 18.2 Å². The molecule has 1 atom stereocenters. The number of benzene rings is 2. The molecular formula is C18H13F3N2O2. The van der Waals surface area contributed by atoms with E-state index in [1.165, 1.54) is 18.2 Å². The molecule has 0 unspecified atom stereocenters. The number of carbonyl (C=O) groups excluding carboxylic acids is 2. The summed E-state index contributed by atoms with van der Waals surface area (Å²) >= 11 is 0. The minimum atomic E-state index is -1.20. The lowest BCUT2D eigenvalue weighted by Gasteiger charge is -2.12. The van der Waals surface area contributed by atoms with E-state index in [-0.39, 0.29) is 24.0 Å². The smallest absolute Gasteiger partial charge is 0.221 e. The molecule has 0 spiro atoms. The van der Waals surface area contributed by atoms with Gasteiger partial charge in [0, 0.05) is 24.5 Å². The number of rotatable bonds is 6. The van der Waals surface area contributed by atoms with Crippen LogP contribution >= 0.6 is 0 Å². The van der Waals surface area contributed by atoms with E-state index < -0.39 is 35.2 Å². The van der Waals surface area contributed by atoms with Gasteiger partial charge in [-0.2, -0.15) is 5.26 Å². The normalized spacial score (nSPS) is 11.4. The zero-order chi connectivity index (χ0) is 18.4. The zero-order valence-electron chi connectivity index (χ0n) is 12.9. The number of amides is 1. The fourth-order valence-electron chi connectivity index (χ4n) is 2.20. The Morgan fingerprint density at radius 1 is 1.04 bits per heavy atom. The first-order chi connectivity index (χ1) is 11.9. The second-order valence-electron chi connectivity index (χ2n) is 5.20. The average molecular weight is 346 g/mol. The lowest BCUT2D eigenvalue weighted by Crippen LogP contribution is -2.28. The molecule has 0 bridgehead atoms. The fourth-order valence-corrected chi connectivity index (χ4v) is 2.20. The summed E-state index contributed by atoms with van der Waals surface area (Å²) in [5.74, 6) is -3.79. The number of carbonyl (C=O) groups is 2. The lowest BCUT2D eigenvalue weighted by atomic mass is 10.0. The van der Waals surface area contributed by atoms with Crippen molar-refractivity contribution < 1.29 is 22.8 Å². The minimum absolute atomic E-state index is 0.00857. The number of ketones is 1. The molecule has 2 rings (SSSR count). The van der Waals surface area contributed by atoms with Gasteiger partial charge in [0.15, 0.2) is 5.78 Å². The van der Waals surface area contributed by atoms with Crippen LogP contribution in [0.4, 0.5) is 13.2 Å². The van der Waals surface area contributed by atoms with E-state index in [9.17, 15) is 22.8 Å². The standard InChI is InChI=1S/C18H13F3N2O2/c19-11-5-6-13(15(21)9-11)17(24)7-8-18(25)23-16(10-22)12-3-1-2-4-14(12)20/h1-6,9,16H,7-8H2,(H,23,25)/t16-/m1/s1. The van der Waals surface area contributed by atoms with Crippen LogP contribution in [0.15, 0.2) is 42.5 Å². The fraction of sp³-hybridized carbons (Fsp3) is 0.167. The van der Waals surface area contributed by atoms with Crippen molar-refractivity contribution in [2.75, 3.05) is 0 Å². The molecule has 0 aliphatic rings. The van der Waals surface area contributed by atoms with Gasteiger partial charge in [-0.1, -0.05) is 18.2 Å². The molecule has 0 aromatic heterocycles. The molecule has 2 aromatic carbocycles. The highest BCUT2D eigenvalue weighted by atomic mass is 19.1. The predicted molar refractivity (Wildman–Crippen MR) is 82.8 cm³/mol. The molecule has 7 heteroatoms. The van der Waals surface area contributed by atoms with E-state index in [0.29, 0.717) is 6.07 Å². The average Bonchev–Trinajstić information content (AvgIpc) is 2.58. The van der Waals surface area contributed by atoms with Gasteiger partial charge in [-0.25, -0.2) is 13.2 Å². The molecule has 128 valence electrons. The van der Waals surface area contributed by atoms with Crippen molar-refractivity contribution in [3.8, 4) is 6.07 Å². The Kier molecular flexibility index (Phi) is 5.90. The van der Waals surface area contributed by atoms with Crippen LogP contribution in [0.2, 0.25) is 0 Å². The quantitative estimate of drug-likeness (QED) is 0.815. The van der Waals surface area contributed by atoms with Crippen molar-refractivity contribution in [3.05, 3.63) is 71.0 Å². The molecule has 25 heavy (non-hydrogen) atoms. The Hall–Kier alpha value is -3.14. The summed E-state index contributed by atoms with van der Waals surface area (Å²) in [6.45, 7) is 0. The summed E-state index contributed by atoms with van der Waals surface area (Å²) in [4.78, 5) is 23.8. The van der Waals surface area contributed by atoms with Gasteiger partial charge in [0.2, 0.25) is 5.91 Å². The highest BCUT2D eigenvalue weighted by Gasteiger charge is 2.19. The van der Waals surface area contributed by atoms with Gasteiger partial charge < -0.3 is 5.32 Å². The molecular weight excluding hydrogens is 333 g/mol. The van der Waals surface area contributed by atoms with Crippen molar-refractivity contribution >= 4 is 11.7 Å². The van der Waals surface area contributed by atoms with Crippen molar-refractivity contribution in [1.29, 1.82) is 5.26 Å². The van der Waals surface area contributed by atoms with E-state index >= 15 is 0 Å². The van der Waals surface area contributed by atoms with Gasteiger partial charge in [-0.3, -0.25) is 9.59 Å². The molecule has 0 radical (unpaired) electrons. The summed E-state index contributed by atoms with van der Waals surface area (Å²) in [6, 6.07) is 8.59. The summed E-state index contributed by atoms with van der Waals surface area (Å²) in [5.41, 5.74) is -0.311. The third-order valence-electron chi connectivity index (χ3n) is 3.46. The number of hydrogen-bond acceptors (Lipinski definition) is 3. The Morgan fingerprint density at radius 3 is 2.40 bits per heavy atom. The van der Waals surface area contributed by atoms with Crippen LogP contribution in [-0.2, 0) is 4.79 Å². The first kappa shape index (κ1) is 18.2. The molecule has 1 N–H and O–H groups in total. The van der Waals surface area contributed by atoms with Crippen LogP contribution in [0.5, 0.6) is 0 Å². The molecule has 0 aliphatic carbocycles. The molecule has 1 amide bonds. The minimum Gasteiger partial charge on any atom is -0.337 e. The maximum atomic E-state index is 13.7. The molecule has 0 aliphatic heterocycles. The van der Waals surface area contributed by atoms with Crippen LogP contribution < -0.4 is 5.32 Å². The van der Waals surface area contributed by atoms with E-state index in [2.05, 4.69) is 5.32 Å². The maximum Gasteiger partial charge on any atom is 0.221 e. The number of hydrogen-bond donors (Lipinski definition) is 1. The summed E-state index contributed by atoms with van der Waals surface area (Å²) < 4.78 is 40.0. The second kappa shape index (κ2) is 8.11. The summed E-state index contributed by atoms with van der Waals surface area (Å²) in [5, 5.41) is 11.4. The largest absolute Gasteiger partial charge is 0.337 e. The van der Waals surface area contributed by atoms with Gasteiger partial charge in [0.25, 0.3) is 0 Å². The van der Waals surface area contributed by atoms with Gasteiger partial charge in [-0.15, -0.1) is 0 Å². The van der Waals surface area contributed by atoms with E-state index in [1.54, 1.807) is 6.07 Å². The van der Waals surface area contributed by atoms with Gasteiger partial charge >= 0.3 is 0 Å². The highest BCUT2D eigenvalue weighted by Crippen LogP contribution is 2.17. The Labute approximate surface area is 141 Å². The van der Waals surface area contributed by atoms with Gasteiger partial charge in [0.1, 0.15) is 23.5 Å². The number of nitriles is 1. The summed E-state index contributed by atoms with van der Waals surface area (Å²) in [7, 11) is 0. The number of nitrogens with zero attached hydrogens (tertiary/aromatic N) is 1. The Morgan fingerprint density at radius 2 is 1.76 bits per heavy atom. The molecule has 0 saturated heterocycles. The topological polar surface area (TPSA) is 70.0 Å². The molecule has 0 heterocycles. The molecule has 0 saturated carbocycles. The molecule has 0 fully saturated rings. The lowest BCUT2D eigenvalue weighted by molar-refractivity contribution is -0.121.